The largest absolute Gasteiger partial charge is 0.284 e. The van der Waals surface area contributed by atoms with Crippen molar-refractivity contribution in [3.8, 4) is 0 Å². The van der Waals surface area contributed by atoms with E-state index in [1.54, 1.807) is 28.5 Å². The summed E-state index contributed by atoms with van der Waals surface area (Å²) in [5.74, 6) is -0.0626. The fourth-order valence-electron chi connectivity index (χ4n) is 3.01. The summed E-state index contributed by atoms with van der Waals surface area (Å²) in [6.45, 7) is 0.561. The number of benzene rings is 2. The highest BCUT2D eigenvalue weighted by Crippen LogP contribution is 2.30. The summed E-state index contributed by atoms with van der Waals surface area (Å²) in [4.78, 5) is 24.3. The molecule has 6 heteroatoms. The molecule has 0 radical (unpaired) electrons. The molecule has 4 nitrogen and oxygen atoms in total. The average molecular weight is 406 g/mol. The van der Waals surface area contributed by atoms with Crippen LogP contribution in [0.3, 0.4) is 0 Å². The van der Waals surface area contributed by atoms with Gasteiger partial charge in [0, 0.05) is 12.7 Å². The summed E-state index contributed by atoms with van der Waals surface area (Å²) in [7, 11) is 0. The Kier molecular flexibility index (Phi) is 5.69. The monoisotopic (exact) mass is 405 g/mol. The number of para-hydroxylation sites is 1. The Morgan fingerprint density at radius 2 is 1.82 bits per heavy atom. The van der Waals surface area contributed by atoms with Crippen LogP contribution < -0.4 is 4.90 Å². The third-order valence-electron chi connectivity index (χ3n) is 4.42. The number of nitrogens with zero attached hydrogens (tertiary/aromatic N) is 3. The number of hydrogen-bond donors (Lipinski definition) is 0. The van der Waals surface area contributed by atoms with Gasteiger partial charge >= 0.3 is 0 Å². The van der Waals surface area contributed by atoms with Crippen LogP contribution in [-0.2, 0) is 6.42 Å². The molecule has 2 heterocycles. The molecule has 1 amide bonds. The Hall–Kier alpha value is -2.70. The van der Waals surface area contributed by atoms with Crippen LogP contribution in [0.2, 0.25) is 0 Å². The van der Waals surface area contributed by atoms with Gasteiger partial charge < -0.3 is 0 Å². The van der Waals surface area contributed by atoms with Gasteiger partial charge in [-0.1, -0.05) is 53.8 Å². The summed E-state index contributed by atoms with van der Waals surface area (Å²) in [5, 5.41) is 1.45. The molecule has 0 saturated carbocycles. The van der Waals surface area contributed by atoms with Crippen LogP contribution in [0, 0.1) is 0 Å². The quantitative estimate of drug-likeness (QED) is 0.408. The molecule has 0 fully saturated rings. The lowest BCUT2D eigenvalue weighted by atomic mass is 10.1. The van der Waals surface area contributed by atoms with E-state index in [2.05, 4.69) is 17.1 Å². The Morgan fingerprint density at radius 3 is 2.61 bits per heavy atom. The average Bonchev–Trinajstić information content (AvgIpc) is 3.18. The van der Waals surface area contributed by atoms with Gasteiger partial charge in [0.2, 0.25) is 0 Å². The number of anilines is 1. The van der Waals surface area contributed by atoms with E-state index in [0.29, 0.717) is 12.1 Å². The Bertz CT molecular complexity index is 1060. The van der Waals surface area contributed by atoms with Crippen molar-refractivity contribution in [1.82, 2.24) is 9.97 Å². The number of carbonyl (C=O) groups is 1. The van der Waals surface area contributed by atoms with E-state index in [0.717, 1.165) is 26.8 Å². The van der Waals surface area contributed by atoms with E-state index >= 15 is 0 Å². The lowest BCUT2D eigenvalue weighted by Gasteiger charge is -2.21. The number of aromatic nitrogens is 2. The molecule has 0 N–H and O–H groups in total. The van der Waals surface area contributed by atoms with Gasteiger partial charge in [-0.25, -0.2) is 9.97 Å². The van der Waals surface area contributed by atoms with Crippen molar-refractivity contribution in [1.29, 1.82) is 0 Å². The standard InChI is InChI=1S/C22H19N3OS2/c1-27-20-17(10-7-14-23-20)21(26)25(15-13-16-8-3-2-4-9-16)22-24-18-11-5-6-12-19(18)28-22/h2-12,14H,13,15H2,1H3. The maximum Gasteiger partial charge on any atom is 0.262 e. The zero-order valence-electron chi connectivity index (χ0n) is 15.4. The van der Waals surface area contributed by atoms with E-state index < -0.39 is 0 Å². The molecule has 0 unspecified atom stereocenters. The van der Waals surface area contributed by atoms with Gasteiger partial charge in [0.25, 0.3) is 5.91 Å². The fourth-order valence-corrected chi connectivity index (χ4v) is 4.54. The Balaban J connectivity index is 1.70. The summed E-state index contributed by atoms with van der Waals surface area (Å²) < 4.78 is 1.08. The second-order valence-electron chi connectivity index (χ2n) is 6.22. The lowest BCUT2D eigenvalue weighted by molar-refractivity contribution is 0.0983. The number of pyridine rings is 1. The molecule has 0 aliphatic heterocycles. The molecule has 4 rings (SSSR count). The first-order valence-corrected chi connectivity index (χ1v) is 11.0. The molecule has 0 aliphatic rings. The van der Waals surface area contributed by atoms with E-state index in [4.69, 9.17) is 4.98 Å². The summed E-state index contributed by atoms with van der Waals surface area (Å²) >= 11 is 3.02. The van der Waals surface area contributed by atoms with Gasteiger partial charge in [-0.05, 0) is 42.5 Å². The Labute approximate surface area is 172 Å². The molecule has 0 spiro atoms. The van der Waals surface area contributed by atoms with Crippen molar-refractivity contribution in [2.24, 2.45) is 0 Å². The third kappa shape index (κ3) is 3.93. The molecule has 0 saturated heterocycles. The van der Waals surface area contributed by atoms with Gasteiger partial charge in [-0.3, -0.25) is 9.69 Å². The number of hydrogen-bond acceptors (Lipinski definition) is 5. The number of thiazole rings is 1. The van der Waals surface area contributed by atoms with E-state index in [-0.39, 0.29) is 5.91 Å². The topological polar surface area (TPSA) is 46.1 Å². The molecule has 140 valence electrons. The highest BCUT2D eigenvalue weighted by molar-refractivity contribution is 7.98. The van der Waals surface area contributed by atoms with E-state index in [9.17, 15) is 4.79 Å². The van der Waals surface area contributed by atoms with E-state index in [1.165, 1.54) is 17.3 Å². The molecule has 2 aromatic heterocycles. The van der Waals surface area contributed by atoms with Crippen LogP contribution in [0.25, 0.3) is 10.2 Å². The normalized spacial score (nSPS) is 10.9. The predicted molar refractivity (Wildman–Crippen MR) is 117 cm³/mol. The van der Waals surface area contributed by atoms with Crippen molar-refractivity contribution < 1.29 is 4.79 Å². The maximum atomic E-state index is 13.5. The molecule has 0 aliphatic carbocycles. The first kappa shape index (κ1) is 18.7. The molecule has 4 aromatic rings. The fraction of sp³-hybridized carbons (Fsp3) is 0.136. The maximum absolute atomic E-state index is 13.5. The van der Waals surface area contributed by atoms with Crippen LogP contribution in [0.1, 0.15) is 15.9 Å². The van der Waals surface area contributed by atoms with Crippen molar-refractivity contribution in [3.05, 3.63) is 84.1 Å². The van der Waals surface area contributed by atoms with Gasteiger partial charge in [0.15, 0.2) is 5.13 Å². The number of fused-ring (bicyclic) bond motifs is 1. The minimum absolute atomic E-state index is 0.0626. The molecular weight excluding hydrogens is 386 g/mol. The molecule has 0 atom stereocenters. The van der Waals surface area contributed by atoms with Crippen LogP contribution >= 0.6 is 23.1 Å². The Morgan fingerprint density at radius 1 is 1.04 bits per heavy atom. The number of carbonyl (C=O) groups excluding carboxylic acids is 1. The van der Waals surface area contributed by atoms with Gasteiger partial charge in [-0.15, -0.1) is 11.8 Å². The van der Waals surface area contributed by atoms with Gasteiger partial charge in [0.05, 0.1) is 15.8 Å². The van der Waals surface area contributed by atoms with Crippen LogP contribution in [0.4, 0.5) is 5.13 Å². The van der Waals surface area contributed by atoms with Crippen molar-refractivity contribution in [3.63, 3.8) is 0 Å². The summed E-state index contributed by atoms with van der Waals surface area (Å²) in [5.41, 5.74) is 2.72. The molecule has 0 bridgehead atoms. The molecular formula is C22H19N3OS2. The number of rotatable bonds is 6. The van der Waals surface area contributed by atoms with Crippen molar-refractivity contribution in [2.45, 2.75) is 11.4 Å². The van der Waals surface area contributed by atoms with Crippen LogP contribution in [0.15, 0.2) is 78.0 Å². The zero-order chi connectivity index (χ0) is 19.3. The first-order valence-electron chi connectivity index (χ1n) is 8.96. The highest BCUT2D eigenvalue weighted by Gasteiger charge is 2.23. The minimum Gasteiger partial charge on any atom is -0.284 e. The van der Waals surface area contributed by atoms with E-state index in [1.807, 2.05) is 54.8 Å². The van der Waals surface area contributed by atoms with Crippen LogP contribution in [-0.4, -0.2) is 28.7 Å². The van der Waals surface area contributed by atoms with Crippen molar-refractivity contribution in [2.75, 3.05) is 17.7 Å². The number of thioether (sulfide) groups is 1. The van der Waals surface area contributed by atoms with Gasteiger partial charge in [-0.2, -0.15) is 0 Å². The highest BCUT2D eigenvalue weighted by atomic mass is 32.2. The summed E-state index contributed by atoms with van der Waals surface area (Å²) in [6.07, 6.45) is 4.41. The minimum atomic E-state index is -0.0626. The smallest absolute Gasteiger partial charge is 0.262 e. The van der Waals surface area contributed by atoms with Gasteiger partial charge in [0.1, 0.15) is 5.03 Å². The summed E-state index contributed by atoms with van der Waals surface area (Å²) in [6, 6.07) is 21.8. The predicted octanol–water partition coefficient (Wildman–Crippen LogP) is 5.30. The SMILES string of the molecule is CSc1ncccc1C(=O)N(CCc1ccccc1)c1nc2ccccc2s1. The second-order valence-corrected chi connectivity index (χ2v) is 8.02. The first-order chi connectivity index (χ1) is 13.8. The number of amides is 1. The lowest BCUT2D eigenvalue weighted by Crippen LogP contribution is -2.33. The second kappa shape index (κ2) is 8.54. The zero-order valence-corrected chi connectivity index (χ0v) is 17.0. The van der Waals surface area contributed by atoms with Crippen molar-refractivity contribution >= 4 is 44.4 Å². The van der Waals surface area contributed by atoms with Crippen LogP contribution in [0.5, 0.6) is 0 Å². The molecule has 28 heavy (non-hydrogen) atoms. The molecule has 2 aromatic carbocycles. The third-order valence-corrected chi connectivity index (χ3v) is 6.19.